The van der Waals surface area contributed by atoms with Crippen LogP contribution in [0.1, 0.15) is 77.1 Å². The number of aromatic nitrogens is 4. The Morgan fingerprint density at radius 3 is 1.60 bits per heavy atom. The highest BCUT2D eigenvalue weighted by atomic mass is 35.5. The number of carbonyl (C=O) groups is 4. The molecule has 2 aliphatic heterocycles. The SMILES string of the molecule is COC(=O)N[C@H](C(=O)N1CCC[C@H]1c1ncc(-c2ccc(-c3ccc(-c4cnc([C@@H]5CCCN5C(=O)[C@@H](NC(=O)OC)C(C)C)[nH]4)s3)cc2)[nH]1)C(C)C.Cl.Cl. The highest BCUT2D eigenvalue weighted by Gasteiger charge is 2.39. The summed E-state index contributed by atoms with van der Waals surface area (Å²) < 4.78 is 9.50. The maximum atomic E-state index is 13.5. The number of H-pyrrole nitrogens is 2. The molecule has 1 aromatic carbocycles. The summed E-state index contributed by atoms with van der Waals surface area (Å²) >= 11 is 1.65. The minimum Gasteiger partial charge on any atom is -0.453 e. The average molecular weight is 818 g/mol. The van der Waals surface area contributed by atoms with Crippen molar-refractivity contribution in [1.29, 1.82) is 0 Å². The maximum absolute atomic E-state index is 13.5. The molecule has 4 atom stereocenters. The summed E-state index contributed by atoms with van der Waals surface area (Å²) in [4.78, 5) is 72.9. The fourth-order valence-electron chi connectivity index (χ4n) is 7.12. The molecule has 17 heteroatoms. The molecule has 298 valence electrons. The summed E-state index contributed by atoms with van der Waals surface area (Å²) in [6, 6.07) is 10.6. The molecule has 0 bridgehead atoms. The van der Waals surface area contributed by atoms with Gasteiger partial charge in [0.25, 0.3) is 0 Å². The predicted molar refractivity (Wildman–Crippen MR) is 215 cm³/mol. The Kier molecular flexibility index (Phi) is 14.8. The van der Waals surface area contributed by atoms with E-state index in [0.29, 0.717) is 13.1 Å². The standard InChI is InChI=1S/C38H48N8O6S.2ClH/c1-21(2)31(43-37(49)51-5)35(47)45-17-7-9-27(45)33-39-19-25(41-33)23-11-13-24(14-12-23)29-15-16-30(53-29)26-20-40-34(42-26)28-10-8-18-46(28)36(48)32(22(3)4)44-38(50)52-6;;/h11-16,19-22,27-28,31-32H,7-10,17-18H2,1-6H3,(H,39,41)(H,40,42)(H,43,49)(H,44,50);2*1H/t27-,28-,31-,32-;;/m0../s1. The van der Waals surface area contributed by atoms with Crippen molar-refractivity contribution in [3.8, 4) is 32.3 Å². The Morgan fingerprint density at radius 1 is 0.691 bits per heavy atom. The molecule has 0 spiro atoms. The highest BCUT2D eigenvalue weighted by molar-refractivity contribution is 7.18. The van der Waals surface area contributed by atoms with Crippen LogP contribution in [0.25, 0.3) is 32.3 Å². The Bertz CT molecular complexity index is 1930. The topological polar surface area (TPSA) is 175 Å². The van der Waals surface area contributed by atoms with Crippen LogP contribution >= 0.6 is 36.2 Å². The monoisotopic (exact) mass is 816 g/mol. The van der Waals surface area contributed by atoms with Gasteiger partial charge < -0.3 is 39.9 Å². The van der Waals surface area contributed by atoms with Crippen molar-refractivity contribution in [2.45, 2.75) is 77.5 Å². The van der Waals surface area contributed by atoms with Crippen molar-refractivity contribution in [3.63, 3.8) is 0 Å². The van der Waals surface area contributed by atoms with Crippen LogP contribution in [-0.2, 0) is 19.1 Å². The zero-order chi connectivity index (χ0) is 37.8. The van der Waals surface area contributed by atoms with Crippen molar-refractivity contribution in [2.24, 2.45) is 11.8 Å². The van der Waals surface area contributed by atoms with Gasteiger partial charge in [0.15, 0.2) is 0 Å². The lowest BCUT2D eigenvalue weighted by molar-refractivity contribution is -0.136. The molecule has 4 aromatic rings. The molecular weight excluding hydrogens is 767 g/mol. The molecule has 4 amide bonds. The van der Waals surface area contributed by atoms with Crippen LogP contribution in [0, 0.1) is 11.8 Å². The predicted octanol–water partition coefficient (Wildman–Crippen LogP) is 7.13. The lowest BCUT2D eigenvalue weighted by Gasteiger charge is -2.30. The molecule has 2 aliphatic rings. The first-order valence-corrected chi connectivity index (χ1v) is 18.9. The van der Waals surface area contributed by atoms with Crippen LogP contribution in [0.2, 0.25) is 0 Å². The Hall–Kier alpha value is -4.60. The van der Waals surface area contributed by atoms with Crippen molar-refractivity contribution >= 4 is 60.2 Å². The molecule has 0 unspecified atom stereocenters. The Labute approximate surface area is 337 Å². The van der Waals surface area contributed by atoms with Crippen LogP contribution in [0.5, 0.6) is 0 Å². The zero-order valence-electron chi connectivity index (χ0n) is 31.8. The van der Waals surface area contributed by atoms with E-state index >= 15 is 0 Å². The first-order valence-electron chi connectivity index (χ1n) is 18.1. The van der Waals surface area contributed by atoms with Crippen molar-refractivity contribution in [3.05, 3.63) is 60.4 Å². The van der Waals surface area contributed by atoms with Gasteiger partial charge in [0.1, 0.15) is 23.7 Å². The lowest BCUT2D eigenvalue weighted by atomic mass is 10.0. The summed E-state index contributed by atoms with van der Waals surface area (Å²) in [5, 5.41) is 5.39. The van der Waals surface area contributed by atoms with E-state index in [-0.39, 0.29) is 60.5 Å². The van der Waals surface area contributed by atoms with E-state index in [1.807, 2.05) is 38.8 Å². The summed E-state index contributed by atoms with van der Waals surface area (Å²) in [5.41, 5.74) is 3.78. The van der Waals surface area contributed by atoms with Gasteiger partial charge >= 0.3 is 12.2 Å². The summed E-state index contributed by atoms with van der Waals surface area (Å²) in [5.74, 6) is 0.962. The highest BCUT2D eigenvalue weighted by Crippen LogP contribution is 2.38. The Morgan fingerprint density at radius 2 is 1.13 bits per heavy atom. The van der Waals surface area contributed by atoms with Gasteiger partial charge in [-0.3, -0.25) is 9.59 Å². The first kappa shape index (κ1) is 43.1. The number of rotatable bonds is 11. The number of hydrogen-bond acceptors (Lipinski definition) is 9. The number of ether oxygens (including phenoxy) is 2. The molecule has 6 rings (SSSR count). The number of benzene rings is 1. The van der Waals surface area contributed by atoms with Crippen LogP contribution in [0.15, 0.2) is 48.8 Å². The van der Waals surface area contributed by atoms with E-state index in [1.165, 1.54) is 14.2 Å². The number of imidazole rings is 2. The number of halogens is 2. The summed E-state index contributed by atoms with van der Waals surface area (Å²) in [7, 11) is 2.58. The minimum atomic E-state index is -0.688. The number of thiophene rings is 1. The van der Waals surface area contributed by atoms with Crippen molar-refractivity contribution in [2.75, 3.05) is 27.3 Å². The van der Waals surface area contributed by atoms with Gasteiger partial charge in [-0.05, 0) is 60.8 Å². The molecule has 2 fully saturated rings. The van der Waals surface area contributed by atoms with E-state index in [1.54, 1.807) is 22.4 Å². The molecule has 4 N–H and O–H groups in total. The number of hydrogen-bond donors (Lipinski definition) is 4. The van der Waals surface area contributed by atoms with Gasteiger partial charge in [-0.25, -0.2) is 19.6 Å². The lowest BCUT2D eigenvalue weighted by Crippen LogP contribution is -2.51. The second-order valence-corrected chi connectivity index (χ2v) is 15.3. The molecule has 0 radical (unpaired) electrons. The van der Waals surface area contributed by atoms with Crippen LogP contribution < -0.4 is 10.6 Å². The van der Waals surface area contributed by atoms with Gasteiger partial charge in [0.2, 0.25) is 11.8 Å². The number of nitrogens with zero attached hydrogens (tertiary/aromatic N) is 4. The molecule has 0 aliphatic carbocycles. The van der Waals surface area contributed by atoms with E-state index in [2.05, 4.69) is 67.0 Å². The van der Waals surface area contributed by atoms with Gasteiger partial charge in [-0.15, -0.1) is 36.2 Å². The molecule has 3 aromatic heterocycles. The average Bonchev–Trinajstić information content (AvgIpc) is 4.00. The minimum absolute atomic E-state index is 0. The van der Waals surface area contributed by atoms with Crippen LogP contribution in [-0.4, -0.2) is 93.1 Å². The normalized spacial score (nSPS) is 17.7. The molecule has 14 nitrogen and oxygen atoms in total. The number of carbonyl (C=O) groups excluding carboxylic acids is 4. The van der Waals surface area contributed by atoms with E-state index in [4.69, 9.17) is 9.47 Å². The second-order valence-electron chi connectivity index (χ2n) is 14.2. The van der Waals surface area contributed by atoms with Gasteiger partial charge in [-0.1, -0.05) is 52.0 Å². The number of aromatic amines is 2. The number of likely N-dealkylation sites (tertiary alicyclic amines) is 2. The van der Waals surface area contributed by atoms with Crippen molar-refractivity contribution in [1.82, 2.24) is 40.4 Å². The van der Waals surface area contributed by atoms with E-state index < -0.39 is 24.3 Å². The van der Waals surface area contributed by atoms with Gasteiger partial charge in [0, 0.05) is 18.0 Å². The van der Waals surface area contributed by atoms with Gasteiger partial charge in [-0.2, -0.15) is 0 Å². The van der Waals surface area contributed by atoms with E-state index in [9.17, 15) is 19.2 Å². The third-order valence-corrected chi connectivity index (χ3v) is 11.2. The van der Waals surface area contributed by atoms with Gasteiger partial charge in [0.05, 0.1) is 55.0 Å². The molecule has 0 saturated carbocycles. The van der Waals surface area contributed by atoms with E-state index in [0.717, 1.165) is 69.6 Å². The van der Waals surface area contributed by atoms with Crippen LogP contribution in [0.3, 0.4) is 0 Å². The maximum Gasteiger partial charge on any atom is 0.407 e. The first-order chi connectivity index (χ1) is 25.5. The third kappa shape index (κ3) is 9.45. The quantitative estimate of drug-likeness (QED) is 0.124. The largest absolute Gasteiger partial charge is 0.453 e. The molecular formula is C38H50Cl2N8O6S. The third-order valence-electron chi connectivity index (χ3n) is 10.0. The zero-order valence-corrected chi connectivity index (χ0v) is 34.2. The summed E-state index contributed by atoms with van der Waals surface area (Å²) in [6.45, 7) is 8.79. The smallest absolute Gasteiger partial charge is 0.407 e. The number of amides is 4. The Balaban J connectivity index is 0.00000336. The molecule has 5 heterocycles. The second kappa shape index (κ2) is 18.8. The summed E-state index contributed by atoms with van der Waals surface area (Å²) in [6.07, 6.45) is 5.63. The number of alkyl carbamates (subject to hydrolysis) is 2. The fraction of sp³-hybridized carbons (Fsp3) is 0.474. The van der Waals surface area contributed by atoms with Crippen LogP contribution in [0.4, 0.5) is 9.59 Å². The molecule has 2 saturated heterocycles. The van der Waals surface area contributed by atoms with Crippen molar-refractivity contribution < 1.29 is 28.7 Å². The molecule has 55 heavy (non-hydrogen) atoms. The fourth-order valence-corrected chi connectivity index (χ4v) is 8.10. The number of methoxy groups -OCH3 is 2. The number of nitrogens with one attached hydrogen (secondary N) is 4.